The van der Waals surface area contributed by atoms with Crippen molar-refractivity contribution in [3.8, 4) is 5.75 Å². The van der Waals surface area contributed by atoms with Gasteiger partial charge in [0.05, 0.1) is 5.71 Å². The lowest BCUT2D eigenvalue weighted by molar-refractivity contribution is -0.121. The molecule has 3 aromatic carbocycles. The number of aryl methyl sites for hydroxylation is 2. The summed E-state index contributed by atoms with van der Waals surface area (Å²) < 4.78 is 6.63. The summed E-state index contributed by atoms with van der Waals surface area (Å²) in [4.78, 5) is 56.9. The van der Waals surface area contributed by atoms with Crippen molar-refractivity contribution < 1.29 is 29.1 Å². The van der Waals surface area contributed by atoms with Crippen LogP contribution in [0.3, 0.4) is 0 Å². The fourth-order valence-corrected chi connectivity index (χ4v) is 7.08. The Morgan fingerprint density at radius 2 is 1.59 bits per heavy atom. The number of hydrogen-bond donors (Lipinski definition) is 4. The molecule has 11 heteroatoms. The lowest BCUT2D eigenvalue weighted by atomic mass is 9.72. The number of carbonyl (C=O) groups excluding carboxylic acids is 4. The first-order chi connectivity index (χ1) is 26.1. The Morgan fingerprint density at radius 3 is 2.30 bits per heavy atom. The second-order valence-electron chi connectivity index (χ2n) is 13.8. The van der Waals surface area contributed by atoms with Gasteiger partial charge in [0.2, 0.25) is 5.91 Å². The van der Waals surface area contributed by atoms with Crippen molar-refractivity contribution in [3.05, 3.63) is 123 Å². The van der Waals surface area contributed by atoms with Gasteiger partial charge in [0.15, 0.2) is 0 Å². The van der Waals surface area contributed by atoms with Crippen molar-refractivity contribution >= 4 is 29.3 Å². The average Bonchev–Trinajstić information content (AvgIpc) is 3.17. The normalized spacial score (nSPS) is 16.6. The summed E-state index contributed by atoms with van der Waals surface area (Å²) in [5, 5.41) is 14.4. The van der Waals surface area contributed by atoms with Crippen LogP contribution in [-0.2, 0) is 11.2 Å². The van der Waals surface area contributed by atoms with Crippen LogP contribution in [0.4, 0.5) is 0 Å². The molecule has 284 valence electrons. The number of nitrogens with zero attached hydrogens (tertiary/aromatic N) is 2. The van der Waals surface area contributed by atoms with Gasteiger partial charge in [-0.15, -0.1) is 0 Å². The molecule has 54 heavy (non-hydrogen) atoms. The summed E-state index contributed by atoms with van der Waals surface area (Å²) in [6.45, 7) is 10.2. The van der Waals surface area contributed by atoms with E-state index >= 15 is 0 Å². The largest absolute Gasteiger partial charge is 0.461 e. The van der Waals surface area contributed by atoms with Crippen molar-refractivity contribution in [2.75, 3.05) is 33.2 Å². The van der Waals surface area contributed by atoms with Crippen molar-refractivity contribution in [2.24, 2.45) is 10.9 Å². The maximum atomic E-state index is 14.1. The van der Waals surface area contributed by atoms with E-state index in [-0.39, 0.29) is 41.5 Å². The van der Waals surface area contributed by atoms with E-state index in [1.54, 1.807) is 17.4 Å². The van der Waals surface area contributed by atoms with Crippen LogP contribution in [0.5, 0.6) is 5.75 Å². The molecule has 3 aromatic rings. The molecule has 11 nitrogen and oxygen atoms in total. The fourth-order valence-electron chi connectivity index (χ4n) is 7.08. The first-order valence-electron chi connectivity index (χ1n) is 18.8. The Kier molecular flexibility index (Phi) is 13.6. The monoisotopic (exact) mass is 733 g/mol. The molecular weight excluding hydrogens is 683 g/mol. The molecule has 4 amide bonds. The maximum Gasteiger partial charge on any atom is 0.274 e. The van der Waals surface area contributed by atoms with Gasteiger partial charge in [0.25, 0.3) is 17.7 Å². The predicted octanol–water partition coefficient (Wildman–Crippen LogP) is 6.30. The molecule has 0 radical (unpaired) electrons. The number of amides is 4. The third-order valence-corrected chi connectivity index (χ3v) is 9.92. The molecule has 0 aromatic heterocycles. The maximum absolute atomic E-state index is 14.1. The van der Waals surface area contributed by atoms with Gasteiger partial charge in [-0.05, 0) is 98.7 Å². The number of fused-ring (bicyclic) bond motifs is 2. The number of allylic oxidation sites excluding steroid dienone is 3. The third kappa shape index (κ3) is 9.32. The second kappa shape index (κ2) is 18.5. The SMILES string of the molecule is CCCc1cc2c(cc1C)C(c1ccccc1C(=O)N(C)CCCC(=O)NCCCNC(=O)c1ccc(C(=O)NO)cc1)C1C=C(C)/C(=N/CC)C=C1O2. The fraction of sp³-hybridized carbons (Fsp3) is 0.372. The molecule has 0 spiro atoms. The van der Waals surface area contributed by atoms with Crippen LogP contribution < -0.4 is 20.9 Å². The van der Waals surface area contributed by atoms with Crippen LogP contribution in [0.15, 0.2) is 89.1 Å². The minimum atomic E-state index is -0.658. The number of hydroxylamine groups is 1. The number of benzene rings is 3. The van der Waals surface area contributed by atoms with Gasteiger partial charge in [0.1, 0.15) is 11.5 Å². The summed E-state index contributed by atoms with van der Waals surface area (Å²) in [5.74, 6) is 0.230. The smallest absolute Gasteiger partial charge is 0.274 e. The van der Waals surface area contributed by atoms with E-state index in [2.05, 4.69) is 61.8 Å². The average molecular weight is 734 g/mol. The summed E-state index contributed by atoms with van der Waals surface area (Å²) in [5.41, 5.74) is 9.27. The Morgan fingerprint density at radius 1 is 0.889 bits per heavy atom. The number of aliphatic imine (C=N–C) groups is 1. The van der Waals surface area contributed by atoms with E-state index in [0.717, 1.165) is 46.8 Å². The number of ether oxygens (including phenoxy) is 1. The molecule has 1 aliphatic heterocycles. The summed E-state index contributed by atoms with van der Waals surface area (Å²) in [7, 11) is 1.78. The highest BCUT2D eigenvalue weighted by atomic mass is 16.5. The molecule has 0 fully saturated rings. The van der Waals surface area contributed by atoms with E-state index in [4.69, 9.17) is 14.9 Å². The van der Waals surface area contributed by atoms with Crippen LogP contribution in [0.1, 0.15) is 106 Å². The molecule has 0 bridgehead atoms. The van der Waals surface area contributed by atoms with Gasteiger partial charge in [0, 0.05) is 79.8 Å². The van der Waals surface area contributed by atoms with Crippen LogP contribution in [-0.4, -0.2) is 72.7 Å². The van der Waals surface area contributed by atoms with Crippen molar-refractivity contribution in [1.82, 2.24) is 21.0 Å². The van der Waals surface area contributed by atoms with E-state index in [0.29, 0.717) is 50.1 Å². The molecule has 2 unspecified atom stereocenters. The van der Waals surface area contributed by atoms with E-state index < -0.39 is 5.91 Å². The van der Waals surface area contributed by atoms with E-state index in [1.165, 1.54) is 35.4 Å². The molecule has 2 aliphatic rings. The Hall–Kier alpha value is -5.55. The highest BCUT2D eigenvalue weighted by Gasteiger charge is 2.39. The van der Waals surface area contributed by atoms with Crippen LogP contribution in [0.25, 0.3) is 0 Å². The number of carbonyl (C=O) groups is 4. The number of rotatable bonds is 15. The van der Waals surface area contributed by atoms with Crippen LogP contribution >= 0.6 is 0 Å². The lowest BCUT2D eigenvalue weighted by Gasteiger charge is -2.38. The Labute approximate surface area is 317 Å². The zero-order valence-electron chi connectivity index (χ0n) is 31.8. The van der Waals surface area contributed by atoms with Gasteiger partial charge in [-0.25, -0.2) is 5.48 Å². The number of hydrogen-bond acceptors (Lipinski definition) is 7. The quantitative estimate of drug-likeness (QED) is 0.0819. The standard InChI is InChI=1S/C43H51N5O6/c1-6-12-31-25-37-34(23-27(31)3)40(35-24-28(4)36(44-7-2)26-38(35)54-37)32-13-8-9-14-33(32)43(52)48(5)22-10-15-39(49)45-20-11-21-46-41(50)29-16-18-30(19-17-29)42(51)47-53/h8-9,13-14,16-19,23-26,35,40,53H,6-7,10-12,15,20-22H2,1-5H3,(H,45,49)(H,46,50)(H,47,51)/b44-36+. The topological polar surface area (TPSA) is 149 Å². The summed E-state index contributed by atoms with van der Waals surface area (Å²) in [6.07, 6.45) is 7.56. The first-order valence-corrected chi connectivity index (χ1v) is 18.8. The molecule has 0 saturated heterocycles. The van der Waals surface area contributed by atoms with Crippen molar-refractivity contribution in [1.29, 1.82) is 0 Å². The minimum absolute atomic E-state index is 0.101. The predicted molar refractivity (Wildman–Crippen MR) is 209 cm³/mol. The van der Waals surface area contributed by atoms with Crippen LogP contribution in [0.2, 0.25) is 0 Å². The van der Waals surface area contributed by atoms with Gasteiger partial charge in [-0.3, -0.25) is 29.4 Å². The molecular formula is C43H51N5O6. The first kappa shape index (κ1) is 39.7. The molecule has 2 atom stereocenters. The second-order valence-corrected chi connectivity index (χ2v) is 13.8. The molecule has 5 rings (SSSR count). The molecule has 1 aliphatic carbocycles. The highest BCUT2D eigenvalue weighted by Crippen LogP contribution is 2.49. The zero-order chi connectivity index (χ0) is 38.8. The third-order valence-electron chi connectivity index (χ3n) is 9.92. The summed E-state index contributed by atoms with van der Waals surface area (Å²) in [6, 6.07) is 18.1. The van der Waals surface area contributed by atoms with Crippen molar-refractivity contribution in [2.45, 2.75) is 65.7 Å². The van der Waals surface area contributed by atoms with Gasteiger partial charge in [-0.2, -0.15) is 0 Å². The summed E-state index contributed by atoms with van der Waals surface area (Å²) >= 11 is 0. The van der Waals surface area contributed by atoms with Gasteiger partial charge >= 0.3 is 0 Å². The Bertz CT molecular complexity index is 1960. The minimum Gasteiger partial charge on any atom is -0.461 e. The van der Waals surface area contributed by atoms with E-state index in [9.17, 15) is 19.2 Å². The van der Waals surface area contributed by atoms with Crippen LogP contribution in [0, 0.1) is 12.8 Å². The number of nitrogens with one attached hydrogen (secondary N) is 3. The lowest BCUT2D eigenvalue weighted by Crippen LogP contribution is -2.33. The molecule has 4 N–H and O–H groups in total. The van der Waals surface area contributed by atoms with E-state index in [1.807, 2.05) is 25.1 Å². The van der Waals surface area contributed by atoms with Crippen molar-refractivity contribution in [3.63, 3.8) is 0 Å². The Balaban J connectivity index is 1.19. The van der Waals surface area contributed by atoms with Gasteiger partial charge < -0.3 is 20.3 Å². The highest BCUT2D eigenvalue weighted by molar-refractivity contribution is 6.09. The van der Waals surface area contributed by atoms with Gasteiger partial charge in [-0.1, -0.05) is 43.7 Å². The zero-order valence-corrected chi connectivity index (χ0v) is 31.8. The molecule has 0 saturated carbocycles. The molecule has 1 heterocycles.